The summed E-state index contributed by atoms with van der Waals surface area (Å²) in [5.74, 6) is -0.729. The van der Waals surface area contributed by atoms with E-state index >= 15 is 0 Å². The molecule has 0 saturated carbocycles. The monoisotopic (exact) mass is 396 g/mol. The maximum absolute atomic E-state index is 12.9. The van der Waals surface area contributed by atoms with Gasteiger partial charge in [0.15, 0.2) is 5.69 Å². The van der Waals surface area contributed by atoms with Gasteiger partial charge in [0.05, 0.1) is 6.04 Å². The van der Waals surface area contributed by atoms with Gasteiger partial charge in [-0.15, -0.1) is 0 Å². The second-order valence-corrected chi connectivity index (χ2v) is 6.39. The summed E-state index contributed by atoms with van der Waals surface area (Å²) in [5.41, 5.74) is 0.140. The third-order valence-corrected chi connectivity index (χ3v) is 4.47. The number of nitrogens with one attached hydrogen (secondary N) is 1. The van der Waals surface area contributed by atoms with Gasteiger partial charge in [-0.25, -0.2) is 0 Å². The van der Waals surface area contributed by atoms with Gasteiger partial charge < -0.3 is 9.88 Å². The SMILES string of the molecule is CC(NC(=O)c1c(Cl)c(C(F)(F)F)nn1C)c1ccc(-n2cccc2)cc1. The van der Waals surface area contributed by atoms with E-state index in [0.29, 0.717) is 0 Å². The number of alkyl halides is 3. The molecule has 0 fully saturated rings. The Bertz CT molecular complexity index is 946. The van der Waals surface area contributed by atoms with Gasteiger partial charge in [-0.3, -0.25) is 9.48 Å². The summed E-state index contributed by atoms with van der Waals surface area (Å²) in [5, 5.41) is 5.26. The largest absolute Gasteiger partial charge is 0.436 e. The highest BCUT2D eigenvalue weighted by Crippen LogP contribution is 2.35. The van der Waals surface area contributed by atoms with E-state index in [1.807, 2.05) is 53.4 Å². The van der Waals surface area contributed by atoms with Crippen molar-refractivity contribution in [3.8, 4) is 5.69 Å². The summed E-state index contributed by atoms with van der Waals surface area (Å²) < 4.78 is 41.4. The highest BCUT2D eigenvalue weighted by Gasteiger charge is 2.39. The van der Waals surface area contributed by atoms with Crippen LogP contribution in [0.3, 0.4) is 0 Å². The van der Waals surface area contributed by atoms with Crippen LogP contribution in [0.25, 0.3) is 5.69 Å². The predicted molar refractivity (Wildman–Crippen MR) is 94.9 cm³/mol. The zero-order valence-electron chi connectivity index (χ0n) is 14.5. The fourth-order valence-corrected chi connectivity index (χ4v) is 3.07. The van der Waals surface area contributed by atoms with Gasteiger partial charge >= 0.3 is 6.18 Å². The molecule has 5 nitrogen and oxygen atoms in total. The number of hydrogen-bond acceptors (Lipinski definition) is 2. The van der Waals surface area contributed by atoms with Crippen molar-refractivity contribution in [3.05, 3.63) is 70.8 Å². The van der Waals surface area contributed by atoms with Crippen LogP contribution in [-0.2, 0) is 13.2 Å². The van der Waals surface area contributed by atoms with Crippen molar-refractivity contribution in [1.29, 1.82) is 0 Å². The molecule has 1 unspecified atom stereocenters. The normalized spacial score (nSPS) is 12.8. The van der Waals surface area contributed by atoms with Gasteiger partial charge in [0.25, 0.3) is 5.91 Å². The molecule has 1 atom stereocenters. The minimum Gasteiger partial charge on any atom is -0.344 e. The standard InChI is InChI=1S/C18H16ClF3N4O/c1-11(12-5-7-13(8-6-12)26-9-3-4-10-26)23-17(27)15-14(19)16(18(20,21)22)24-25(15)2/h3-11H,1-2H3,(H,23,27). The fraction of sp³-hybridized carbons (Fsp3) is 0.222. The number of carbonyl (C=O) groups is 1. The molecule has 1 aromatic carbocycles. The Kier molecular flexibility index (Phi) is 5.01. The molecule has 2 aromatic heterocycles. The molecule has 1 amide bonds. The maximum Gasteiger partial charge on any atom is 0.436 e. The summed E-state index contributed by atoms with van der Waals surface area (Å²) >= 11 is 5.75. The molecule has 0 radical (unpaired) electrons. The minimum atomic E-state index is -4.73. The van der Waals surface area contributed by atoms with Gasteiger partial charge in [0.1, 0.15) is 10.7 Å². The fourth-order valence-electron chi connectivity index (χ4n) is 2.72. The summed E-state index contributed by atoms with van der Waals surface area (Å²) in [6, 6.07) is 10.8. The molecule has 0 bridgehead atoms. The van der Waals surface area contributed by atoms with Crippen molar-refractivity contribution in [3.63, 3.8) is 0 Å². The van der Waals surface area contributed by atoms with Crippen LogP contribution in [0.5, 0.6) is 0 Å². The van der Waals surface area contributed by atoms with E-state index < -0.39 is 28.8 Å². The lowest BCUT2D eigenvalue weighted by Crippen LogP contribution is -2.28. The van der Waals surface area contributed by atoms with Crippen LogP contribution in [0.4, 0.5) is 13.2 Å². The van der Waals surface area contributed by atoms with Crippen LogP contribution in [0.1, 0.15) is 34.7 Å². The Balaban J connectivity index is 1.77. The Labute approximate surface area is 158 Å². The summed E-state index contributed by atoms with van der Waals surface area (Å²) in [6.45, 7) is 1.73. The number of aryl methyl sites for hydroxylation is 1. The van der Waals surface area contributed by atoms with Crippen LogP contribution in [-0.4, -0.2) is 20.3 Å². The molecule has 3 rings (SSSR count). The first-order valence-electron chi connectivity index (χ1n) is 8.02. The van der Waals surface area contributed by atoms with E-state index in [4.69, 9.17) is 11.6 Å². The van der Waals surface area contributed by atoms with Crippen LogP contribution in [0, 0.1) is 0 Å². The number of carbonyl (C=O) groups excluding carboxylic acids is 1. The van der Waals surface area contributed by atoms with E-state index in [2.05, 4.69) is 10.4 Å². The van der Waals surface area contributed by atoms with Crippen molar-refractivity contribution in [1.82, 2.24) is 19.7 Å². The zero-order valence-corrected chi connectivity index (χ0v) is 15.2. The van der Waals surface area contributed by atoms with Crippen LogP contribution in [0.2, 0.25) is 5.02 Å². The molecule has 9 heteroatoms. The van der Waals surface area contributed by atoms with Crippen LogP contribution < -0.4 is 5.32 Å². The lowest BCUT2D eigenvalue weighted by molar-refractivity contribution is -0.141. The van der Waals surface area contributed by atoms with Gasteiger partial charge in [-0.1, -0.05) is 23.7 Å². The molecule has 0 spiro atoms. The second-order valence-electron chi connectivity index (χ2n) is 6.01. The second kappa shape index (κ2) is 7.11. The number of benzene rings is 1. The molecule has 27 heavy (non-hydrogen) atoms. The lowest BCUT2D eigenvalue weighted by Gasteiger charge is -2.15. The van der Waals surface area contributed by atoms with E-state index in [-0.39, 0.29) is 5.69 Å². The quantitative estimate of drug-likeness (QED) is 0.711. The molecule has 1 N–H and O–H groups in total. The highest BCUT2D eigenvalue weighted by molar-refractivity contribution is 6.34. The highest BCUT2D eigenvalue weighted by atomic mass is 35.5. The Morgan fingerprint density at radius 2 is 1.78 bits per heavy atom. The number of rotatable bonds is 4. The van der Waals surface area contributed by atoms with E-state index in [9.17, 15) is 18.0 Å². The average Bonchev–Trinajstić information content (AvgIpc) is 3.22. The summed E-state index contributed by atoms with van der Waals surface area (Å²) in [6.07, 6.45) is -0.918. The van der Waals surface area contributed by atoms with Crippen molar-refractivity contribution in [2.45, 2.75) is 19.1 Å². The molecule has 0 aliphatic rings. The number of hydrogen-bond donors (Lipinski definition) is 1. The zero-order chi connectivity index (χ0) is 19.8. The maximum atomic E-state index is 12.9. The summed E-state index contributed by atoms with van der Waals surface area (Å²) in [4.78, 5) is 12.4. The van der Waals surface area contributed by atoms with E-state index in [1.54, 1.807) is 6.92 Å². The van der Waals surface area contributed by atoms with E-state index in [1.165, 1.54) is 7.05 Å². The topological polar surface area (TPSA) is 51.9 Å². The third-order valence-electron chi connectivity index (χ3n) is 4.12. The molecular weight excluding hydrogens is 381 g/mol. The first kappa shape index (κ1) is 19.0. The third kappa shape index (κ3) is 3.85. The molecule has 0 aliphatic heterocycles. The number of aromatic nitrogens is 3. The average molecular weight is 397 g/mol. The molecule has 0 aliphatic carbocycles. The minimum absolute atomic E-state index is 0.334. The first-order valence-corrected chi connectivity index (χ1v) is 8.40. The summed E-state index contributed by atoms with van der Waals surface area (Å²) in [7, 11) is 1.24. The number of halogens is 4. The molecule has 2 heterocycles. The smallest absolute Gasteiger partial charge is 0.344 e. The van der Waals surface area contributed by atoms with Gasteiger partial charge in [0.2, 0.25) is 0 Å². The molecular formula is C18H16ClF3N4O. The molecule has 0 saturated heterocycles. The van der Waals surface area contributed by atoms with Crippen LogP contribution in [0.15, 0.2) is 48.8 Å². The number of nitrogens with zero attached hydrogens (tertiary/aromatic N) is 3. The van der Waals surface area contributed by atoms with Crippen molar-refractivity contribution in [2.75, 3.05) is 0 Å². The Morgan fingerprint density at radius 3 is 2.30 bits per heavy atom. The van der Waals surface area contributed by atoms with Crippen molar-refractivity contribution < 1.29 is 18.0 Å². The Hall–Kier alpha value is -2.74. The van der Waals surface area contributed by atoms with Gasteiger partial charge in [0, 0.05) is 25.1 Å². The molecule has 3 aromatic rings. The van der Waals surface area contributed by atoms with E-state index in [0.717, 1.165) is 15.9 Å². The van der Waals surface area contributed by atoms with Gasteiger partial charge in [-0.05, 0) is 36.8 Å². The number of amides is 1. The Morgan fingerprint density at radius 1 is 1.19 bits per heavy atom. The first-order chi connectivity index (χ1) is 12.7. The van der Waals surface area contributed by atoms with Crippen molar-refractivity contribution >= 4 is 17.5 Å². The van der Waals surface area contributed by atoms with Gasteiger partial charge in [-0.2, -0.15) is 18.3 Å². The lowest BCUT2D eigenvalue weighted by atomic mass is 10.1. The predicted octanol–water partition coefficient (Wildman–Crippen LogP) is 4.37. The van der Waals surface area contributed by atoms with Crippen LogP contribution >= 0.6 is 11.6 Å². The molecule has 142 valence electrons. The van der Waals surface area contributed by atoms with Crippen molar-refractivity contribution in [2.24, 2.45) is 7.05 Å².